The number of hydrogen-bond donors (Lipinski definition) is 1. The zero-order valence-corrected chi connectivity index (χ0v) is 10.2. The van der Waals surface area contributed by atoms with Crippen LogP contribution >= 0.6 is 0 Å². The van der Waals surface area contributed by atoms with Crippen LogP contribution in [0.2, 0.25) is 0 Å². The summed E-state index contributed by atoms with van der Waals surface area (Å²) >= 11 is 0. The van der Waals surface area contributed by atoms with E-state index in [2.05, 4.69) is 4.74 Å². The molecule has 19 heavy (non-hydrogen) atoms. The van der Waals surface area contributed by atoms with Crippen molar-refractivity contribution in [2.75, 3.05) is 20.3 Å². The normalized spacial score (nSPS) is 19.1. The molecule has 8 heteroatoms. The Kier molecular flexibility index (Phi) is 5.19. The second-order valence-corrected chi connectivity index (χ2v) is 3.59. The van der Waals surface area contributed by atoms with Gasteiger partial charge in [-0.1, -0.05) is 0 Å². The van der Waals surface area contributed by atoms with Crippen LogP contribution in [0.3, 0.4) is 0 Å². The van der Waals surface area contributed by atoms with E-state index in [-0.39, 0.29) is 19.6 Å². The van der Waals surface area contributed by atoms with Gasteiger partial charge in [-0.2, -0.15) is 0 Å². The number of likely N-dealkylation sites (tertiary alicyclic amines) is 1. The van der Waals surface area contributed by atoms with Crippen molar-refractivity contribution in [3.8, 4) is 0 Å². The summed E-state index contributed by atoms with van der Waals surface area (Å²) < 4.78 is 9.01. The standard InChI is InChI=1S/C11H13NO7/c1-18-9(15)2-3-10(16)19-7-6-8(14)12(4-5-13)11(7)17/h2-3,7,13H,4-6H2,1H3/b3-2+. The van der Waals surface area contributed by atoms with Crippen LogP contribution < -0.4 is 0 Å². The summed E-state index contributed by atoms with van der Waals surface area (Å²) in [6.07, 6.45) is 0.165. The van der Waals surface area contributed by atoms with Gasteiger partial charge in [0.2, 0.25) is 5.91 Å². The number of β-amino-alcohol motifs (C(OH)–C–C–N with tert-alkyl or cyclic N) is 1. The first-order chi connectivity index (χ1) is 8.99. The largest absolute Gasteiger partial charge is 0.466 e. The van der Waals surface area contributed by atoms with E-state index in [4.69, 9.17) is 9.84 Å². The lowest BCUT2D eigenvalue weighted by molar-refractivity contribution is -0.152. The number of rotatable bonds is 5. The number of ether oxygens (including phenoxy) is 2. The highest BCUT2D eigenvalue weighted by molar-refractivity contribution is 6.06. The third-order valence-corrected chi connectivity index (χ3v) is 2.34. The molecule has 2 amide bonds. The molecule has 1 atom stereocenters. The number of esters is 2. The Morgan fingerprint density at radius 3 is 2.58 bits per heavy atom. The summed E-state index contributed by atoms with van der Waals surface area (Å²) in [5, 5.41) is 8.69. The predicted octanol–water partition coefficient (Wildman–Crippen LogP) is -1.62. The van der Waals surface area contributed by atoms with Crippen molar-refractivity contribution in [2.45, 2.75) is 12.5 Å². The van der Waals surface area contributed by atoms with E-state index in [0.29, 0.717) is 0 Å². The van der Waals surface area contributed by atoms with Gasteiger partial charge in [-0.3, -0.25) is 14.5 Å². The number of carbonyl (C=O) groups is 4. The topological polar surface area (TPSA) is 110 Å². The summed E-state index contributed by atoms with van der Waals surface area (Å²) in [4.78, 5) is 45.9. The van der Waals surface area contributed by atoms with Crippen LogP contribution in [-0.4, -0.2) is 60.1 Å². The van der Waals surface area contributed by atoms with Gasteiger partial charge in [0.1, 0.15) is 0 Å². The SMILES string of the molecule is COC(=O)/C=C/C(=O)OC1CC(=O)N(CCO)C1=O. The molecule has 1 fully saturated rings. The van der Waals surface area contributed by atoms with Gasteiger partial charge >= 0.3 is 11.9 Å². The number of carbonyl (C=O) groups excluding carboxylic acids is 4. The van der Waals surface area contributed by atoms with Crippen molar-refractivity contribution in [3.05, 3.63) is 12.2 Å². The minimum atomic E-state index is -1.21. The summed E-state index contributed by atoms with van der Waals surface area (Å²) in [6, 6.07) is 0. The Morgan fingerprint density at radius 2 is 2.00 bits per heavy atom. The molecule has 1 rings (SSSR count). The van der Waals surface area contributed by atoms with Crippen molar-refractivity contribution in [3.63, 3.8) is 0 Å². The lowest BCUT2D eigenvalue weighted by Gasteiger charge is -2.12. The maximum Gasteiger partial charge on any atom is 0.331 e. The number of aliphatic hydroxyl groups excluding tert-OH is 1. The highest BCUT2D eigenvalue weighted by atomic mass is 16.5. The first kappa shape index (κ1) is 14.8. The van der Waals surface area contributed by atoms with Crippen molar-refractivity contribution >= 4 is 23.8 Å². The number of nitrogens with zero attached hydrogens (tertiary/aromatic N) is 1. The van der Waals surface area contributed by atoms with Crippen LogP contribution in [0.4, 0.5) is 0 Å². The van der Waals surface area contributed by atoms with E-state index in [9.17, 15) is 19.2 Å². The Hall–Kier alpha value is -2.22. The number of imide groups is 1. The number of aliphatic hydroxyl groups is 1. The summed E-state index contributed by atoms with van der Waals surface area (Å²) in [5.41, 5.74) is 0. The monoisotopic (exact) mass is 271 g/mol. The molecule has 1 aliphatic heterocycles. The summed E-state index contributed by atoms with van der Waals surface area (Å²) in [7, 11) is 1.14. The Bertz CT molecular complexity index is 429. The van der Waals surface area contributed by atoms with E-state index >= 15 is 0 Å². The van der Waals surface area contributed by atoms with Crippen LogP contribution in [-0.2, 0) is 28.7 Å². The van der Waals surface area contributed by atoms with Crippen molar-refractivity contribution in [2.24, 2.45) is 0 Å². The molecule has 0 aromatic rings. The van der Waals surface area contributed by atoms with Crippen LogP contribution in [0.15, 0.2) is 12.2 Å². The van der Waals surface area contributed by atoms with Crippen molar-refractivity contribution < 1.29 is 33.8 Å². The van der Waals surface area contributed by atoms with Crippen LogP contribution in [0.1, 0.15) is 6.42 Å². The van der Waals surface area contributed by atoms with Gasteiger partial charge < -0.3 is 14.6 Å². The Balaban J connectivity index is 2.57. The maximum absolute atomic E-state index is 11.6. The smallest absolute Gasteiger partial charge is 0.331 e. The second-order valence-electron chi connectivity index (χ2n) is 3.59. The predicted molar refractivity (Wildman–Crippen MR) is 59.5 cm³/mol. The minimum absolute atomic E-state index is 0.135. The summed E-state index contributed by atoms with van der Waals surface area (Å²) in [6.45, 7) is -0.496. The van der Waals surface area contributed by atoms with E-state index in [1.807, 2.05) is 0 Å². The fraction of sp³-hybridized carbons (Fsp3) is 0.455. The summed E-state index contributed by atoms with van der Waals surface area (Å²) in [5.74, 6) is -2.87. The lowest BCUT2D eigenvalue weighted by Crippen LogP contribution is -2.35. The molecule has 0 aliphatic carbocycles. The first-order valence-corrected chi connectivity index (χ1v) is 5.41. The minimum Gasteiger partial charge on any atom is -0.466 e. The van der Waals surface area contributed by atoms with Gasteiger partial charge in [0.05, 0.1) is 26.7 Å². The lowest BCUT2D eigenvalue weighted by atomic mass is 10.3. The van der Waals surface area contributed by atoms with Gasteiger partial charge in [0, 0.05) is 12.2 Å². The zero-order valence-electron chi connectivity index (χ0n) is 10.2. The highest BCUT2D eigenvalue weighted by Crippen LogP contribution is 2.16. The van der Waals surface area contributed by atoms with Gasteiger partial charge in [0.25, 0.3) is 5.91 Å². The molecular formula is C11H13NO7. The molecule has 0 aromatic heterocycles. The quantitative estimate of drug-likeness (QED) is 0.363. The molecule has 1 heterocycles. The van der Waals surface area contributed by atoms with E-state index in [1.165, 1.54) is 0 Å². The molecule has 0 bridgehead atoms. The molecule has 1 aliphatic rings. The van der Waals surface area contributed by atoms with Crippen LogP contribution in [0.25, 0.3) is 0 Å². The fourth-order valence-corrected chi connectivity index (χ4v) is 1.46. The molecule has 1 saturated heterocycles. The number of methoxy groups -OCH3 is 1. The third-order valence-electron chi connectivity index (χ3n) is 2.34. The highest BCUT2D eigenvalue weighted by Gasteiger charge is 2.40. The van der Waals surface area contributed by atoms with E-state index < -0.39 is 29.9 Å². The fourth-order valence-electron chi connectivity index (χ4n) is 1.46. The van der Waals surface area contributed by atoms with E-state index in [1.54, 1.807) is 0 Å². The van der Waals surface area contributed by atoms with E-state index in [0.717, 1.165) is 24.2 Å². The van der Waals surface area contributed by atoms with Gasteiger partial charge in [-0.05, 0) is 0 Å². The molecule has 1 N–H and O–H groups in total. The van der Waals surface area contributed by atoms with Crippen LogP contribution in [0, 0.1) is 0 Å². The molecular weight excluding hydrogens is 258 g/mol. The second kappa shape index (κ2) is 6.64. The molecule has 104 valence electrons. The molecule has 1 unspecified atom stereocenters. The van der Waals surface area contributed by atoms with Gasteiger partial charge in [0.15, 0.2) is 6.10 Å². The molecule has 0 aromatic carbocycles. The third kappa shape index (κ3) is 3.88. The molecule has 0 radical (unpaired) electrons. The molecule has 0 spiro atoms. The van der Waals surface area contributed by atoms with Crippen molar-refractivity contribution in [1.29, 1.82) is 0 Å². The van der Waals surface area contributed by atoms with Crippen molar-refractivity contribution in [1.82, 2.24) is 4.90 Å². The average Bonchev–Trinajstić information content (AvgIpc) is 2.64. The Labute approximate surface area is 108 Å². The maximum atomic E-state index is 11.6. The van der Waals surface area contributed by atoms with Gasteiger partial charge in [-0.15, -0.1) is 0 Å². The van der Waals surface area contributed by atoms with Gasteiger partial charge in [-0.25, -0.2) is 9.59 Å². The molecule has 8 nitrogen and oxygen atoms in total. The van der Waals surface area contributed by atoms with Crippen LogP contribution in [0.5, 0.6) is 0 Å². The molecule has 0 saturated carbocycles. The number of hydrogen-bond acceptors (Lipinski definition) is 7. The zero-order chi connectivity index (χ0) is 14.4. The first-order valence-electron chi connectivity index (χ1n) is 5.41. The Morgan fingerprint density at radius 1 is 1.37 bits per heavy atom. The number of amides is 2. The average molecular weight is 271 g/mol.